The van der Waals surface area contributed by atoms with Gasteiger partial charge in [-0.05, 0) is 48.2 Å². The van der Waals surface area contributed by atoms with Crippen LogP contribution in [0.1, 0.15) is 36.5 Å². The Morgan fingerprint density at radius 1 is 1.52 bits per heavy atom. The summed E-state index contributed by atoms with van der Waals surface area (Å²) in [6.07, 6.45) is 2.92. The van der Waals surface area contributed by atoms with Crippen LogP contribution in [0.3, 0.4) is 0 Å². The second-order valence-corrected chi connectivity index (χ2v) is 6.20. The minimum atomic E-state index is -0.481. The van der Waals surface area contributed by atoms with E-state index in [-0.39, 0.29) is 23.7 Å². The maximum absolute atomic E-state index is 12.7. The van der Waals surface area contributed by atoms with Crippen molar-refractivity contribution in [2.45, 2.75) is 38.3 Å². The molecule has 0 aliphatic carbocycles. The molecular weight excluding hydrogens is 338 g/mol. The Morgan fingerprint density at radius 3 is 2.81 bits per heavy atom. The average Bonchev–Trinajstić information content (AvgIpc) is 2.46. The number of halogens is 1. The number of nitrogens with zero attached hydrogens (tertiary/aromatic N) is 2. The fourth-order valence-electron chi connectivity index (χ4n) is 2.70. The molecule has 0 bridgehead atoms. The number of hydrogen-bond acceptors (Lipinski definition) is 4. The first kappa shape index (κ1) is 15.9. The van der Waals surface area contributed by atoms with Gasteiger partial charge in [-0.2, -0.15) is 0 Å². The molecule has 114 valence electrons. The number of nitro benzene ring substituents is 1. The quantitative estimate of drug-likeness (QED) is 0.666. The second kappa shape index (κ2) is 6.53. The second-order valence-electron chi connectivity index (χ2n) is 5.34. The number of benzene rings is 1. The Bertz CT molecular complexity index is 562. The fourth-order valence-corrected chi connectivity index (χ4v) is 3.24. The van der Waals surface area contributed by atoms with Crippen molar-refractivity contribution in [3.05, 3.63) is 38.3 Å². The number of rotatable bonds is 3. The van der Waals surface area contributed by atoms with Crippen LogP contribution in [0.4, 0.5) is 5.69 Å². The molecule has 0 spiro atoms. The number of piperidine rings is 1. The van der Waals surface area contributed by atoms with Gasteiger partial charge in [-0.25, -0.2) is 0 Å². The number of carbonyl (C=O) groups is 1. The van der Waals surface area contributed by atoms with Gasteiger partial charge in [-0.1, -0.05) is 0 Å². The van der Waals surface area contributed by atoms with Gasteiger partial charge < -0.3 is 10.6 Å². The highest BCUT2D eigenvalue weighted by atomic mass is 79.9. The molecule has 2 N–H and O–H groups in total. The van der Waals surface area contributed by atoms with E-state index in [0.717, 1.165) is 19.3 Å². The smallest absolute Gasteiger partial charge is 0.270 e. The Morgan fingerprint density at radius 2 is 2.24 bits per heavy atom. The van der Waals surface area contributed by atoms with Crippen LogP contribution in [-0.4, -0.2) is 34.4 Å². The molecule has 6 nitrogen and oxygen atoms in total. The van der Waals surface area contributed by atoms with E-state index in [1.807, 2.05) is 6.92 Å². The number of hydrogen-bond donors (Lipinski definition) is 1. The molecule has 0 radical (unpaired) electrons. The molecule has 1 heterocycles. The van der Waals surface area contributed by atoms with E-state index in [2.05, 4.69) is 15.9 Å². The molecular formula is C14H18BrN3O3. The van der Waals surface area contributed by atoms with Gasteiger partial charge in [-0.15, -0.1) is 0 Å². The summed E-state index contributed by atoms with van der Waals surface area (Å²) in [5.41, 5.74) is 6.38. The van der Waals surface area contributed by atoms with Crippen LogP contribution in [0.25, 0.3) is 0 Å². The van der Waals surface area contributed by atoms with E-state index >= 15 is 0 Å². The summed E-state index contributed by atoms with van der Waals surface area (Å²) in [4.78, 5) is 24.7. The number of nitro groups is 1. The Kier molecular flexibility index (Phi) is 4.95. The van der Waals surface area contributed by atoms with Crippen molar-refractivity contribution in [1.82, 2.24) is 4.90 Å². The van der Waals surface area contributed by atoms with Crippen molar-refractivity contribution < 1.29 is 9.72 Å². The zero-order chi connectivity index (χ0) is 15.6. The molecule has 2 unspecified atom stereocenters. The lowest BCUT2D eigenvalue weighted by molar-refractivity contribution is -0.384. The molecule has 0 saturated carbocycles. The van der Waals surface area contributed by atoms with Crippen molar-refractivity contribution in [2.24, 2.45) is 5.73 Å². The summed E-state index contributed by atoms with van der Waals surface area (Å²) >= 11 is 3.26. The van der Waals surface area contributed by atoms with Gasteiger partial charge in [-0.3, -0.25) is 14.9 Å². The topological polar surface area (TPSA) is 89.5 Å². The highest BCUT2D eigenvalue weighted by Gasteiger charge is 2.30. The van der Waals surface area contributed by atoms with E-state index < -0.39 is 4.92 Å². The van der Waals surface area contributed by atoms with Crippen molar-refractivity contribution in [3.8, 4) is 0 Å². The Labute approximate surface area is 131 Å². The van der Waals surface area contributed by atoms with Crippen LogP contribution in [0.5, 0.6) is 0 Å². The highest BCUT2D eigenvalue weighted by Crippen LogP contribution is 2.27. The molecule has 1 aliphatic rings. The van der Waals surface area contributed by atoms with Crippen LogP contribution in [0.2, 0.25) is 0 Å². The number of nitrogens with two attached hydrogens (primary N) is 1. The summed E-state index contributed by atoms with van der Waals surface area (Å²) in [7, 11) is 0. The van der Waals surface area contributed by atoms with Crippen molar-refractivity contribution in [2.75, 3.05) is 6.54 Å². The molecule has 1 aromatic carbocycles. The maximum Gasteiger partial charge on any atom is 0.270 e. The van der Waals surface area contributed by atoms with Crippen molar-refractivity contribution >= 4 is 27.5 Å². The Balaban J connectivity index is 2.28. The van der Waals surface area contributed by atoms with Crippen LogP contribution in [-0.2, 0) is 0 Å². The Hall–Kier alpha value is -1.47. The largest absolute Gasteiger partial charge is 0.334 e. The highest BCUT2D eigenvalue weighted by molar-refractivity contribution is 9.10. The molecule has 1 aliphatic heterocycles. The van der Waals surface area contributed by atoms with Gasteiger partial charge in [0.25, 0.3) is 11.6 Å². The summed E-state index contributed by atoms with van der Waals surface area (Å²) in [6.45, 7) is 2.58. The maximum atomic E-state index is 12.7. The number of non-ortho nitro benzene ring substituents is 1. The van der Waals surface area contributed by atoms with E-state index in [1.165, 1.54) is 18.2 Å². The van der Waals surface area contributed by atoms with E-state index in [1.54, 1.807) is 4.90 Å². The third-order valence-electron chi connectivity index (χ3n) is 3.81. The van der Waals surface area contributed by atoms with Gasteiger partial charge in [0.2, 0.25) is 0 Å². The van der Waals surface area contributed by atoms with Gasteiger partial charge in [0.1, 0.15) is 0 Å². The zero-order valence-corrected chi connectivity index (χ0v) is 13.4. The van der Waals surface area contributed by atoms with Gasteiger partial charge in [0.15, 0.2) is 0 Å². The van der Waals surface area contributed by atoms with Crippen LogP contribution < -0.4 is 5.73 Å². The van der Waals surface area contributed by atoms with Gasteiger partial charge in [0, 0.05) is 35.2 Å². The number of carbonyl (C=O) groups excluding carboxylic acids is 1. The van der Waals surface area contributed by atoms with Crippen LogP contribution >= 0.6 is 15.9 Å². The van der Waals surface area contributed by atoms with E-state index in [4.69, 9.17) is 5.73 Å². The molecule has 1 fully saturated rings. The molecule has 2 rings (SSSR count). The van der Waals surface area contributed by atoms with Crippen LogP contribution in [0.15, 0.2) is 22.7 Å². The number of amides is 1. The lowest BCUT2D eigenvalue weighted by Gasteiger charge is -2.38. The summed E-state index contributed by atoms with van der Waals surface area (Å²) < 4.78 is 0.440. The van der Waals surface area contributed by atoms with Crippen LogP contribution in [0, 0.1) is 10.1 Å². The van der Waals surface area contributed by atoms with Gasteiger partial charge >= 0.3 is 0 Å². The predicted octanol–water partition coefficient (Wildman–Crippen LogP) is 2.70. The SMILES string of the molecule is CC(N)C1CCCCN1C(=O)c1ccc([N+](=O)[O-])cc1Br. The lowest BCUT2D eigenvalue weighted by Crippen LogP contribution is -2.51. The molecule has 2 atom stereocenters. The summed E-state index contributed by atoms with van der Waals surface area (Å²) in [5, 5.41) is 10.8. The van der Waals surface area contributed by atoms with Crippen molar-refractivity contribution in [1.29, 1.82) is 0 Å². The standard InChI is InChI=1S/C14H18BrN3O3/c1-9(16)13-4-2-3-7-17(13)14(19)11-6-5-10(18(20)21)8-12(11)15/h5-6,8-9,13H,2-4,7,16H2,1H3. The zero-order valence-electron chi connectivity index (χ0n) is 11.8. The minimum Gasteiger partial charge on any atom is -0.334 e. The average molecular weight is 356 g/mol. The summed E-state index contributed by atoms with van der Waals surface area (Å²) in [6, 6.07) is 4.14. The summed E-state index contributed by atoms with van der Waals surface area (Å²) in [5.74, 6) is -0.126. The molecule has 1 amide bonds. The first-order valence-corrected chi connectivity index (χ1v) is 7.71. The van der Waals surface area contributed by atoms with Crippen molar-refractivity contribution in [3.63, 3.8) is 0 Å². The van der Waals surface area contributed by atoms with E-state index in [0.29, 0.717) is 16.6 Å². The van der Waals surface area contributed by atoms with E-state index in [9.17, 15) is 14.9 Å². The van der Waals surface area contributed by atoms with Gasteiger partial charge in [0.05, 0.1) is 10.5 Å². The monoisotopic (exact) mass is 355 g/mol. The normalized spacial score (nSPS) is 20.1. The number of likely N-dealkylation sites (tertiary alicyclic amines) is 1. The third-order valence-corrected chi connectivity index (χ3v) is 4.47. The molecule has 7 heteroatoms. The fraction of sp³-hybridized carbons (Fsp3) is 0.500. The predicted molar refractivity (Wildman–Crippen MR) is 83.1 cm³/mol. The minimum absolute atomic E-state index is 0.0216. The first-order chi connectivity index (χ1) is 9.91. The molecule has 0 aromatic heterocycles. The molecule has 21 heavy (non-hydrogen) atoms. The molecule has 1 aromatic rings. The first-order valence-electron chi connectivity index (χ1n) is 6.92. The molecule has 1 saturated heterocycles. The third kappa shape index (κ3) is 3.41. The lowest BCUT2D eigenvalue weighted by atomic mass is 9.96.